The standard InChI is InChI=1S/2C14H13NO3/c2*16-13-8-10-6-7-12(13)15(9-10)14(17)18-11-4-2-1-3-5-11/h2*1-7,10,12H,8-9H2/t2*10-,12+/m11/s1. The van der Waals surface area contributed by atoms with E-state index in [0.29, 0.717) is 37.4 Å². The molecule has 2 fully saturated rings. The van der Waals surface area contributed by atoms with Gasteiger partial charge >= 0.3 is 12.2 Å². The number of piperidine rings is 2. The van der Waals surface area contributed by atoms with E-state index in [1.54, 1.807) is 60.7 Å². The smallest absolute Gasteiger partial charge is 0.410 e. The first-order chi connectivity index (χ1) is 17.5. The minimum Gasteiger partial charge on any atom is -0.410 e. The molecule has 184 valence electrons. The summed E-state index contributed by atoms with van der Waals surface area (Å²) in [5.41, 5.74) is 0. The lowest BCUT2D eigenvalue weighted by Gasteiger charge is -2.39. The number of hydrogen-bond acceptors (Lipinski definition) is 6. The first-order valence-electron chi connectivity index (χ1n) is 12.0. The molecule has 0 N–H and O–H groups in total. The molecule has 4 atom stereocenters. The number of para-hydroxylation sites is 2. The normalized spacial score (nSPS) is 25.3. The van der Waals surface area contributed by atoms with Gasteiger partial charge in [-0.25, -0.2) is 9.59 Å². The van der Waals surface area contributed by atoms with Gasteiger partial charge in [0.25, 0.3) is 0 Å². The Morgan fingerprint density at radius 2 is 1.00 bits per heavy atom. The lowest BCUT2D eigenvalue weighted by atomic mass is 9.85. The van der Waals surface area contributed by atoms with Crippen molar-refractivity contribution in [3.8, 4) is 11.5 Å². The molecule has 2 saturated heterocycles. The Bertz CT molecular complexity index is 1110. The third-order valence-electron chi connectivity index (χ3n) is 6.62. The number of Topliss-reactive ketones (excluding diaryl/α,β-unsaturated/α-hetero) is 2. The van der Waals surface area contributed by atoms with Crippen molar-refractivity contribution in [2.24, 2.45) is 11.8 Å². The highest BCUT2D eigenvalue weighted by Crippen LogP contribution is 2.29. The molecule has 8 heteroatoms. The maximum absolute atomic E-state index is 12.0. The van der Waals surface area contributed by atoms with Crippen molar-refractivity contribution in [3.05, 3.63) is 85.0 Å². The zero-order valence-electron chi connectivity index (χ0n) is 19.6. The number of carbonyl (C=O) groups excluding carboxylic acids is 4. The molecule has 2 aromatic carbocycles. The molecule has 4 bridgehead atoms. The Morgan fingerprint density at radius 1 is 0.611 bits per heavy atom. The van der Waals surface area contributed by atoms with E-state index in [-0.39, 0.29) is 23.4 Å². The van der Waals surface area contributed by atoms with Crippen LogP contribution in [-0.4, -0.2) is 58.7 Å². The zero-order valence-corrected chi connectivity index (χ0v) is 19.6. The molecule has 8 rings (SSSR count). The van der Waals surface area contributed by atoms with Crippen LogP contribution in [0.2, 0.25) is 0 Å². The van der Waals surface area contributed by atoms with Crippen LogP contribution in [0.3, 0.4) is 0 Å². The fourth-order valence-corrected chi connectivity index (χ4v) is 4.84. The van der Waals surface area contributed by atoms with E-state index in [9.17, 15) is 19.2 Å². The molecule has 0 unspecified atom stereocenters. The highest BCUT2D eigenvalue weighted by molar-refractivity contribution is 5.93. The van der Waals surface area contributed by atoms with Crippen LogP contribution in [0.5, 0.6) is 11.5 Å². The molecular weight excluding hydrogens is 460 g/mol. The molecule has 0 saturated carbocycles. The van der Waals surface area contributed by atoms with Crippen LogP contribution in [0, 0.1) is 11.8 Å². The van der Waals surface area contributed by atoms with Gasteiger partial charge in [0.2, 0.25) is 0 Å². The van der Waals surface area contributed by atoms with Crippen molar-refractivity contribution in [2.75, 3.05) is 13.1 Å². The SMILES string of the molecule is O=C1C[C@H]2C=C[C@@H]1N(C(=O)Oc1ccccc1)C2.O=C1C[C@H]2C=C[C@@H]1N(C(=O)Oc1ccccc1)C2. The molecule has 4 heterocycles. The second-order valence-corrected chi connectivity index (χ2v) is 9.19. The minimum absolute atomic E-state index is 0.0961. The van der Waals surface area contributed by atoms with E-state index in [1.165, 1.54) is 9.80 Å². The zero-order chi connectivity index (χ0) is 25.1. The first-order valence-corrected chi connectivity index (χ1v) is 12.0. The number of benzene rings is 2. The molecule has 6 aliphatic rings. The summed E-state index contributed by atoms with van der Waals surface area (Å²) in [6, 6.07) is 16.9. The summed E-state index contributed by atoms with van der Waals surface area (Å²) >= 11 is 0. The molecule has 0 radical (unpaired) electrons. The second-order valence-electron chi connectivity index (χ2n) is 9.19. The molecule has 2 aromatic rings. The van der Waals surface area contributed by atoms with Gasteiger partial charge in [0.1, 0.15) is 23.6 Å². The van der Waals surface area contributed by atoms with Gasteiger partial charge in [-0.1, -0.05) is 60.7 Å². The van der Waals surface area contributed by atoms with Crippen LogP contribution in [-0.2, 0) is 9.59 Å². The summed E-state index contributed by atoms with van der Waals surface area (Å²) in [6.07, 6.45) is 7.80. The van der Waals surface area contributed by atoms with Crippen molar-refractivity contribution in [2.45, 2.75) is 24.9 Å². The number of ether oxygens (including phenoxy) is 2. The predicted octanol–water partition coefficient (Wildman–Crippen LogP) is 4.03. The number of ketones is 2. The lowest BCUT2D eigenvalue weighted by Crippen LogP contribution is -2.54. The third kappa shape index (κ3) is 5.07. The molecule has 2 aliphatic carbocycles. The molecule has 4 aliphatic heterocycles. The largest absolute Gasteiger partial charge is 0.416 e. The Morgan fingerprint density at radius 3 is 1.33 bits per heavy atom. The Balaban J connectivity index is 0.000000148. The van der Waals surface area contributed by atoms with E-state index in [1.807, 2.05) is 24.3 Å². The maximum atomic E-state index is 12.0. The first kappa shape index (κ1) is 23.5. The number of hydrogen-bond donors (Lipinski definition) is 0. The number of nitrogens with zero attached hydrogens (tertiary/aromatic N) is 2. The number of carbonyl (C=O) groups is 4. The highest BCUT2D eigenvalue weighted by Gasteiger charge is 2.40. The maximum Gasteiger partial charge on any atom is 0.416 e. The summed E-state index contributed by atoms with van der Waals surface area (Å²) < 4.78 is 10.5. The molecule has 8 nitrogen and oxygen atoms in total. The quantitative estimate of drug-likeness (QED) is 0.595. The third-order valence-corrected chi connectivity index (χ3v) is 6.62. The summed E-state index contributed by atoms with van der Waals surface area (Å²) in [4.78, 5) is 50.5. The van der Waals surface area contributed by atoms with Gasteiger partial charge in [0, 0.05) is 37.8 Å². The van der Waals surface area contributed by atoms with Gasteiger partial charge in [0.15, 0.2) is 11.6 Å². The average molecular weight is 487 g/mol. The van der Waals surface area contributed by atoms with Gasteiger partial charge in [-0.3, -0.25) is 19.4 Å². The van der Waals surface area contributed by atoms with Crippen LogP contribution in [0.4, 0.5) is 9.59 Å². The van der Waals surface area contributed by atoms with E-state index >= 15 is 0 Å². The summed E-state index contributed by atoms with van der Waals surface area (Å²) in [7, 11) is 0. The molecule has 2 amide bonds. The van der Waals surface area contributed by atoms with Gasteiger partial charge in [-0.15, -0.1) is 0 Å². The van der Waals surface area contributed by atoms with E-state index in [0.717, 1.165) is 0 Å². The molecule has 0 spiro atoms. The summed E-state index contributed by atoms with van der Waals surface area (Å²) in [6.45, 7) is 1.14. The fraction of sp³-hybridized carbons (Fsp3) is 0.286. The fourth-order valence-electron chi connectivity index (χ4n) is 4.84. The van der Waals surface area contributed by atoms with Crippen LogP contribution in [0.25, 0.3) is 0 Å². The Labute approximate surface area is 208 Å². The monoisotopic (exact) mass is 486 g/mol. The molecular formula is C28H26N2O6. The topological polar surface area (TPSA) is 93.2 Å². The molecule has 36 heavy (non-hydrogen) atoms. The average Bonchev–Trinajstić information content (AvgIpc) is 2.90. The van der Waals surface area contributed by atoms with E-state index in [2.05, 4.69) is 0 Å². The van der Waals surface area contributed by atoms with Gasteiger partial charge in [0.05, 0.1) is 0 Å². The van der Waals surface area contributed by atoms with Crippen molar-refractivity contribution in [1.29, 1.82) is 0 Å². The van der Waals surface area contributed by atoms with Crippen LogP contribution in [0.1, 0.15) is 12.8 Å². The van der Waals surface area contributed by atoms with Crippen molar-refractivity contribution in [1.82, 2.24) is 9.80 Å². The van der Waals surface area contributed by atoms with Crippen molar-refractivity contribution < 1.29 is 28.7 Å². The summed E-state index contributed by atoms with van der Waals surface area (Å²) in [5.74, 6) is 1.48. The van der Waals surface area contributed by atoms with Gasteiger partial charge in [-0.2, -0.15) is 0 Å². The van der Waals surface area contributed by atoms with Crippen LogP contribution in [0.15, 0.2) is 85.0 Å². The van der Waals surface area contributed by atoms with Crippen molar-refractivity contribution >= 4 is 23.8 Å². The van der Waals surface area contributed by atoms with Crippen molar-refractivity contribution in [3.63, 3.8) is 0 Å². The number of amides is 2. The lowest BCUT2D eigenvalue weighted by molar-refractivity contribution is -0.126. The second kappa shape index (κ2) is 10.2. The van der Waals surface area contributed by atoms with Gasteiger partial charge < -0.3 is 9.47 Å². The van der Waals surface area contributed by atoms with E-state index in [4.69, 9.17) is 9.47 Å². The predicted molar refractivity (Wildman–Crippen MR) is 130 cm³/mol. The minimum atomic E-state index is -0.450. The van der Waals surface area contributed by atoms with Gasteiger partial charge in [-0.05, 0) is 24.3 Å². The highest BCUT2D eigenvalue weighted by atomic mass is 16.6. The van der Waals surface area contributed by atoms with Crippen LogP contribution < -0.4 is 9.47 Å². The number of fused-ring (bicyclic) bond motifs is 4. The summed E-state index contributed by atoms with van der Waals surface area (Å²) in [5, 5.41) is 0. The van der Waals surface area contributed by atoms with E-state index < -0.39 is 24.3 Å². The Hall–Kier alpha value is -4.20. The van der Waals surface area contributed by atoms with Crippen LogP contribution >= 0.6 is 0 Å². The number of rotatable bonds is 2. The molecule has 0 aromatic heterocycles. The Kier molecular flexibility index (Phi) is 6.66.